The Balaban J connectivity index is 1.77. The number of hydroxylamine groups is 1. The third kappa shape index (κ3) is 3.61. The number of imide groups is 1. The van der Waals surface area contributed by atoms with Gasteiger partial charge in [0.15, 0.2) is 6.10 Å². The van der Waals surface area contributed by atoms with Gasteiger partial charge in [0.05, 0.1) is 11.7 Å². The first kappa shape index (κ1) is 20.5. The zero-order chi connectivity index (χ0) is 20.7. The van der Waals surface area contributed by atoms with Crippen LogP contribution in [0.5, 0.6) is 0 Å². The fourth-order valence-corrected chi connectivity index (χ4v) is 4.52. The average molecular weight is 454 g/mol. The van der Waals surface area contributed by atoms with E-state index in [-0.39, 0.29) is 11.8 Å². The summed E-state index contributed by atoms with van der Waals surface area (Å²) in [6.45, 7) is 2.41. The Morgan fingerprint density at radius 2 is 1.66 bits per heavy atom. The van der Waals surface area contributed by atoms with Crippen molar-refractivity contribution in [3.05, 3.63) is 63.1 Å². The molecular weight excluding hydrogens is 435 g/mol. The molecule has 2 heterocycles. The first-order valence-electron chi connectivity index (χ1n) is 9.44. The number of carbonyl (C=O) groups is 2. The van der Waals surface area contributed by atoms with E-state index in [2.05, 4.69) is 0 Å². The molecule has 5 nitrogen and oxygen atoms in total. The summed E-state index contributed by atoms with van der Waals surface area (Å²) >= 11 is 18.6. The number of hydrogen-bond acceptors (Lipinski definition) is 4. The maximum Gasteiger partial charge on any atom is 0.261 e. The summed E-state index contributed by atoms with van der Waals surface area (Å²) in [6.07, 6.45) is 0.757. The fourth-order valence-electron chi connectivity index (χ4n) is 3.88. The molecule has 8 heteroatoms. The number of halogens is 3. The number of carbonyl (C=O) groups excluding carboxylic acids is 2. The molecule has 0 N–H and O–H groups in total. The molecule has 2 fully saturated rings. The molecule has 0 aliphatic carbocycles. The van der Waals surface area contributed by atoms with Crippen LogP contribution in [0.1, 0.15) is 31.4 Å². The van der Waals surface area contributed by atoms with Gasteiger partial charge in [-0.15, -0.1) is 0 Å². The van der Waals surface area contributed by atoms with Crippen molar-refractivity contribution in [2.45, 2.75) is 31.9 Å². The van der Waals surface area contributed by atoms with Gasteiger partial charge >= 0.3 is 0 Å². The van der Waals surface area contributed by atoms with E-state index < -0.39 is 18.1 Å². The first-order valence-corrected chi connectivity index (χ1v) is 10.6. The van der Waals surface area contributed by atoms with E-state index in [4.69, 9.17) is 39.6 Å². The molecule has 3 atom stereocenters. The minimum Gasteiger partial charge on any atom is -0.280 e. The average Bonchev–Trinajstić information content (AvgIpc) is 3.18. The summed E-state index contributed by atoms with van der Waals surface area (Å²) in [5.74, 6) is -1.23. The second-order valence-electron chi connectivity index (χ2n) is 7.15. The number of likely N-dealkylation sites (tertiary alicyclic amines) is 1. The topological polar surface area (TPSA) is 49.9 Å². The molecule has 2 aromatic carbocycles. The Hall–Kier alpha value is -1.79. The quantitative estimate of drug-likeness (QED) is 0.577. The number of unbranched alkanes of at least 4 members (excludes halogenated alkanes) is 1. The molecule has 0 saturated carbocycles. The Morgan fingerprint density at radius 3 is 2.31 bits per heavy atom. The van der Waals surface area contributed by atoms with Crippen LogP contribution in [-0.2, 0) is 14.4 Å². The van der Waals surface area contributed by atoms with Crippen LogP contribution in [0.3, 0.4) is 0 Å². The Labute approximate surface area is 184 Å². The van der Waals surface area contributed by atoms with Gasteiger partial charge in [-0.25, -0.2) is 5.06 Å². The predicted molar refractivity (Wildman–Crippen MR) is 113 cm³/mol. The van der Waals surface area contributed by atoms with Crippen molar-refractivity contribution in [3.63, 3.8) is 0 Å². The standard InChI is InChI=1S/C21H19Cl3N2O3/c1-2-3-10-25-20(27)17-18(15-9-6-13(23)11-16(15)24)26(29-19(17)21(25)28)14-7-4-12(22)5-8-14/h4-9,11,17-19H,2-3,10H2,1H3/t17-,18-,19+/m0/s1. The van der Waals surface area contributed by atoms with Crippen molar-refractivity contribution < 1.29 is 14.4 Å². The highest BCUT2D eigenvalue weighted by molar-refractivity contribution is 6.35. The fraction of sp³-hybridized carbons (Fsp3) is 0.333. The lowest BCUT2D eigenvalue weighted by Gasteiger charge is -2.29. The second-order valence-corrected chi connectivity index (χ2v) is 8.43. The van der Waals surface area contributed by atoms with Gasteiger partial charge in [0.1, 0.15) is 5.92 Å². The van der Waals surface area contributed by atoms with Gasteiger partial charge in [0, 0.05) is 21.6 Å². The van der Waals surface area contributed by atoms with E-state index in [0.29, 0.717) is 32.9 Å². The van der Waals surface area contributed by atoms with E-state index in [9.17, 15) is 9.59 Å². The van der Waals surface area contributed by atoms with Crippen LogP contribution < -0.4 is 5.06 Å². The maximum absolute atomic E-state index is 13.2. The molecule has 0 radical (unpaired) electrons. The van der Waals surface area contributed by atoms with Crippen molar-refractivity contribution in [3.8, 4) is 0 Å². The Bertz CT molecular complexity index is 951. The lowest BCUT2D eigenvalue weighted by Crippen LogP contribution is -2.37. The number of amides is 2. The highest BCUT2D eigenvalue weighted by Gasteiger charge is 2.59. The van der Waals surface area contributed by atoms with Crippen molar-refractivity contribution in [2.24, 2.45) is 5.92 Å². The zero-order valence-corrected chi connectivity index (χ0v) is 17.9. The molecule has 152 valence electrons. The molecule has 2 aliphatic rings. The summed E-state index contributed by atoms with van der Waals surface area (Å²) in [7, 11) is 0. The van der Waals surface area contributed by atoms with Gasteiger partial charge in [0.25, 0.3) is 5.91 Å². The smallest absolute Gasteiger partial charge is 0.261 e. The molecule has 2 amide bonds. The number of hydrogen-bond donors (Lipinski definition) is 0. The van der Waals surface area contributed by atoms with Gasteiger partial charge in [0.2, 0.25) is 5.91 Å². The summed E-state index contributed by atoms with van der Waals surface area (Å²) in [6, 6.07) is 11.6. The summed E-state index contributed by atoms with van der Waals surface area (Å²) in [4.78, 5) is 33.5. The van der Waals surface area contributed by atoms with Crippen LogP contribution >= 0.6 is 34.8 Å². The number of fused-ring (bicyclic) bond motifs is 1. The van der Waals surface area contributed by atoms with Crippen LogP contribution in [0.15, 0.2) is 42.5 Å². The highest BCUT2D eigenvalue weighted by Crippen LogP contribution is 2.48. The third-order valence-electron chi connectivity index (χ3n) is 5.30. The third-order valence-corrected chi connectivity index (χ3v) is 6.12. The molecule has 0 spiro atoms. The van der Waals surface area contributed by atoms with Crippen LogP contribution in [0.4, 0.5) is 5.69 Å². The van der Waals surface area contributed by atoms with Crippen LogP contribution in [0.25, 0.3) is 0 Å². The van der Waals surface area contributed by atoms with E-state index in [1.54, 1.807) is 47.5 Å². The molecule has 0 unspecified atom stereocenters. The van der Waals surface area contributed by atoms with Gasteiger partial charge in [-0.3, -0.25) is 19.3 Å². The number of nitrogens with zero attached hydrogens (tertiary/aromatic N) is 2. The van der Waals surface area contributed by atoms with Gasteiger partial charge in [-0.05, 0) is 48.4 Å². The normalized spacial score (nSPS) is 23.8. The monoisotopic (exact) mass is 452 g/mol. The van der Waals surface area contributed by atoms with Crippen molar-refractivity contribution in [2.75, 3.05) is 11.6 Å². The zero-order valence-electron chi connectivity index (χ0n) is 15.6. The predicted octanol–water partition coefficient (Wildman–Crippen LogP) is 5.29. The maximum atomic E-state index is 13.2. The molecular formula is C21H19Cl3N2O3. The van der Waals surface area contributed by atoms with Crippen molar-refractivity contribution in [1.82, 2.24) is 4.90 Å². The Kier molecular flexibility index (Phi) is 5.76. The Morgan fingerprint density at radius 1 is 0.966 bits per heavy atom. The molecule has 29 heavy (non-hydrogen) atoms. The van der Waals surface area contributed by atoms with E-state index in [1.807, 2.05) is 6.92 Å². The lowest BCUT2D eigenvalue weighted by molar-refractivity contribution is -0.143. The number of rotatable bonds is 5. The van der Waals surface area contributed by atoms with Crippen molar-refractivity contribution >= 4 is 52.3 Å². The second kappa shape index (κ2) is 8.15. The van der Waals surface area contributed by atoms with Gasteiger partial charge in [-0.1, -0.05) is 54.2 Å². The van der Waals surface area contributed by atoms with E-state index in [1.165, 1.54) is 4.90 Å². The first-order chi connectivity index (χ1) is 13.9. The molecule has 0 aromatic heterocycles. The lowest BCUT2D eigenvalue weighted by atomic mass is 9.90. The van der Waals surface area contributed by atoms with Gasteiger partial charge < -0.3 is 0 Å². The number of benzene rings is 2. The largest absolute Gasteiger partial charge is 0.280 e. The molecule has 0 bridgehead atoms. The van der Waals surface area contributed by atoms with Crippen molar-refractivity contribution in [1.29, 1.82) is 0 Å². The minimum absolute atomic E-state index is 0.235. The SMILES string of the molecule is CCCCN1C(=O)[C@@H]2[C@@H](ON(c3ccc(Cl)cc3)[C@H]2c2ccc(Cl)cc2Cl)C1=O. The summed E-state index contributed by atoms with van der Waals surface area (Å²) in [5.41, 5.74) is 1.36. The highest BCUT2D eigenvalue weighted by atomic mass is 35.5. The van der Waals surface area contributed by atoms with Crippen LogP contribution in [-0.4, -0.2) is 29.4 Å². The summed E-state index contributed by atoms with van der Waals surface area (Å²) in [5, 5.41) is 3.07. The molecule has 2 saturated heterocycles. The molecule has 2 aliphatic heterocycles. The molecule has 2 aromatic rings. The van der Waals surface area contributed by atoms with Crippen LogP contribution in [0, 0.1) is 5.92 Å². The molecule has 4 rings (SSSR count). The minimum atomic E-state index is -0.883. The summed E-state index contributed by atoms with van der Waals surface area (Å²) < 4.78 is 0. The van der Waals surface area contributed by atoms with Gasteiger partial charge in [-0.2, -0.15) is 0 Å². The van der Waals surface area contributed by atoms with E-state index >= 15 is 0 Å². The number of anilines is 1. The van der Waals surface area contributed by atoms with E-state index in [0.717, 1.165) is 12.8 Å². The van der Waals surface area contributed by atoms with Crippen LogP contribution in [0.2, 0.25) is 15.1 Å².